The molecule has 1 nitrogen and oxygen atoms in total. The Morgan fingerprint density at radius 2 is 1.82 bits per heavy atom. The van der Waals surface area contributed by atoms with Crippen molar-refractivity contribution in [1.82, 2.24) is 0 Å². The Bertz CT molecular complexity index is 425. The van der Waals surface area contributed by atoms with Gasteiger partial charge in [0.05, 0.1) is 6.10 Å². The first-order chi connectivity index (χ1) is 8.02. The van der Waals surface area contributed by atoms with Crippen molar-refractivity contribution in [3.8, 4) is 0 Å². The number of benzene rings is 1. The highest BCUT2D eigenvalue weighted by Gasteiger charge is 2.07. The zero-order valence-corrected chi connectivity index (χ0v) is 11.4. The predicted molar refractivity (Wildman–Crippen MR) is 73.2 cm³/mol. The summed E-state index contributed by atoms with van der Waals surface area (Å²) in [5.41, 5.74) is 6.47. The molecule has 0 fully saturated rings. The summed E-state index contributed by atoms with van der Waals surface area (Å²) in [6.45, 7) is 6.15. The largest absolute Gasteiger partial charge is 0.388 e. The van der Waals surface area contributed by atoms with Gasteiger partial charge in [-0.25, -0.2) is 0 Å². The van der Waals surface area contributed by atoms with Gasteiger partial charge in [-0.3, -0.25) is 0 Å². The highest BCUT2D eigenvalue weighted by molar-refractivity contribution is 6.30. The summed E-state index contributed by atoms with van der Waals surface area (Å²) in [6.07, 6.45) is 1.12. The Morgan fingerprint density at radius 1 is 1.24 bits per heavy atom. The van der Waals surface area contributed by atoms with E-state index in [9.17, 15) is 5.11 Å². The number of hydrogen-bond donors (Lipinski definition) is 1. The lowest BCUT2D eigenvalue weighted by atomic mass is 10.0. The van der Waals surface area contributed by atoms with E-state index in [2.05, 4.69) is 19.6 Å². The molecular formula is C15H19ClO. The van der Waals surface area contributed by atoms with E-state index >= 15 is 0 Å². The molecule has 92 valence electrons. The Labute approximate surface area is 108 Å². The van der Waals surface area contributed by atoms with Gasteiger partial charge in [0, 0.05) is 11.4 Å². The molecule has 0 spiro atoms. The molecule has 0 aromatic heterocycles. The Morgan fingerprint density at radius 3 is 2.35 bits per heavy atom. The van der Waals surface area contributed by atoms with Crippen molar-refractivity contribution in [1.29, 1.82) is 0 Å². The first-order valence-corrected chi connectivity index (χ1v) is 6.26. The van der Waals surface area contributed by atoms with Crippen molar-refractivity contribution in [2.45, 2.75) is 39.7 Å². The molecule has 1 N–H and O–H groups in total. The molecule has 0 aliphatic carbocycles. The van der Waals surface area contributed by atoms with Crippen LogP contribution >= 0.6 is 11.6 Å². The normalized spacial score (nSPS) is 11.8. The monoisotopic (exact) mass is 250 g/mol. The fourth-order valence-electron chi connectivity index (χ4n) is 1.60. The van der Waals surface area contributed by atoms with Crippen LogP contribution < -0.4 is 0 Å². The zero-order valence-electron chi connectivity index (χ0n) is 10.6. The van der Waals surface area contributed by atoms with E-state index < -0.39 is 6.10 Å². The molecule has 0 amide bonds. The SMILES string of the molecule is CCC(C)=C=C(C)C[C@@H](O)c1ccc(Cl)cc1. The van der Waals surface area contributed by atoms with Crippen LogP contribution in [0, 0.1) is 0 Å². The van der Waals surface area contributed by atoms with Crippen LogP contribution in [0.2, 0.25) is 5.02 Å². The maximum atomic E-state index is 10.1. The van der Waals surface area contributed by atoms with Gasteiger partial charge >= 0.3 is 0 Å². The van der Waals surface area contributed by atoms with E-state index in [0.717, 1.165) is 17.6 Å². The van der Waals surface area contributed by atoms with Crippen molar-refractivity contribution < 1.29 is 5.11 Å². The highest BCUT2D eigenvalue weighted by atomic mass is 35.5. The average Bonchev–Trinajstić information content (AvgIpc) is 2.29. The van der Waals surface area contributed by atoms with Gasteiger partial charge in [-0.05, 0) is 49.1 Å². The second-order valence-corrected chi connectivity index (χ2v) is 4.75. The molecule has 0 aliphatic heterocycles. The lowest BCUT2D eigenvalue weighted by Crippen LogP contribution is -1.97. The van der Waals surface area contributed by atoms with Crippen LogP contribution in [0.3, 0.4) is 0 Å². The van der Waals surface area contributed by atoms with Gasteiger partial charge in [0.25, 0.3) is 0 Å². The van der Waals surface area contributed by atoms with Crippen molar-refractivity contribution in [2.24, 2.45) is 0 Å². The van der Waals surface area contributed by atoms with Crippen LogP contribution in [0.1, 0.15) is 45.3 Å². The van der Waals surface area contributed by atoms with Gasteiger partial charge in [-0.15, -0.1) is 5.73 Å². The lowest BCUT2D eigenvalue weighted by Gasteiger charge is -2.10. The quantitative estimate of drug-likeness (QED) is 0.771. The summed E-state index contributed by atoms with van der Waals surface area (Å²) in [6, 6.07) is 7.31. The third kappa shape index (κ3) is 4.79. The first kappa shape index (κ1) is 14.1. The Hall–Kier alpha value is -1.01. The number of hydrogen-bond acceptors (Lipinski definition) is 1. The fourth-order valence-corrected chi connectivity index (χ4v) is 1.72. The van der Waals surface area contributed by atoms with Gasteiger partial charge in [0.2, 0.25) is 0 Å². The average molecular weight is 251 g/mol. The molecule has 1 aromatic rings. The summed E-state index contributed by atoms with van der Waals surface area (Å²) in [4.78, 5) is 0. The minimum Gasteiger partial charge on any atom is -0.388 e. The molecule has 17 heavy (non-hydrogen) atoms. The van der Waals surface area contributed by atoms with Crippen molar-refractivity contribution >= 4 is 11.6 Å². The van der Waals surface area contributed by atoms with Crippen molar-refractivity contribution in [3.05, 3.63) is 51.7 Å². The molecule has 0 saturated carbocycles. The van der Waals surface area contributed by atoms with Gasteiger partial charge in [-0.1, -0.05) is 30.7 Å². The Balaban J connectivity index is 2.76. The summed E-state index contributed by atoms with van der Waals surface area (Å²) in [7, 11) is 0. The van der Waals surface area contributed by atoms with E-state index in [0.29, 0.717) is 11.4 Å². The number of halogens is 1. The third-order valence-electron chi connectivity index (χ3n) is 2.71. The minimum absolute atomic E-state index is 0.482. The number of rotatable bonds is 4. The first-order valence-electron chi connectivity index (χ1n) is 5.88. The second kappa shape index (κ2) is 6.66. The minimum atomic E-state index is -0.482. The molecule has 0 aliphatic rings. The van der Waals surface area contributed by atoms with Crippen LogP contribution in [-0.2, 0) is 0 Å². The summed E-state index contributed by atoms with van der Waals surface area (Å²) in [5.74, 6) is 0. The molecule has 1 aromatic carbocycles. The van der Waals surface area contributed by atoms with Gasteiger partial charge in [0.15, 0.2) is 0 Å². The lowest BCUT2D eigenvalue weighted by molar-refractivity contribution is 0.178. The Kier molecular flexibility index (Phi) is 5.50. The smallest absolute Gasteiger partial charge is 0.0833 e. The van der Waals surface area contributed by atoms with Crippen LogP contribution in [0.5, 0.6) is 0 Å². The molecule has 0 radical (unpaired) electrons. The zero-order chi connectivity index (χ0) is 12.8. The molecule has 0 heterocycles. The van der Waals surface area contributed by atoms with Crippen molar-refractivity contribution in [2.75, 3.05) is 0 Å². The van der Waals surface area contributed by atoms with E-state index in [1.165, 1.54) is 5.57 Å². The van der Waals surface area contributed by atoms with Gasteiger partial charge in [-0.2, -0.15) is 0 Å². The van der Waals surface area contributed by atoms with Crippen LogP contribution in [0.15, 0.2) is 41.1 Å². The fraction of sp³-hybridized carbons (Fsp3) is 0.400. The standard InChI is InChI=1S/C15H19ClO/c1-4-11(2)9-12(3)10-15(17)13-5-7-14(16)8-6-13/h5-8,15,17H,4,10H2,1-3H3/t9?,15-/m1/s1. The number of aliphatic hydroxyl groups is 1. The summed E-state index contributed by atoms with van der Waals surface area (Å²) >= 11 is 5.81. The van der Waals surface area contributed by atoms with Gasteiger partial charge < -0.3 is 5.11 Å². The summed E-state index contributed by atoms with van der Waals surface area (Å²) in [5, 5.41) is 10.7. The molecule has 0 unspecified atom stereocenters. The van der Waals surface area contributed by atoms with E-state index in [4.69, 9.17) is 11.6 Å². The van der Waals surface area contributed by atoms with Crippen LogP contribution in [-0.4, -0.2) is 5.11 Å². The van der Waals surface area contributed by atoms with Crippen LogP contribution in [0.4, 0.5) is 0 Å². The molecule has 0 saturated heterocycles. The molecule has 1 rings (SSSR count). The molecular weight excluding hydrogens is 232 g/mol. The molecule has 2 heteroatoms. The van der Waals surface area contributed by atoms with Crippen LogP contribution in [0.25, 0.3) is 0 Å². The molecule has 1 atom stereocenters. The predicted octanol–water partition coefficient (Wildman–Crippen LogP) is 4.67. The maximum Gasteiger partial charge on any atom is 0.0833 e. The van der Waals surface area contributed by atoms with E-state index in [1.807, 2.05) is 19.1 Å². The number of aliphatic hydroxyl groups excluding tert-OH is 1. The molecule has 0 bridgehead atoms. The second-order valence-electron chi connectivity index (χ2n) is 4.31. The van der Waals surface area contributed by atoms with Gasteiger partial charge in [0.1, 0.15) is 0 Å². The van der Waals surface area contributed by atoms with Crippen molar-refractivity contribution in [3.63, 3.8) is 0 Å². The third-order valence-corrected chi connectivity index (χ3v) is 2.96. The summed E-state index contributed by atoms with van der Waals surface area (Å²) < 4.78 is 0. The topological polar surface area (TPSA) is 20.2 Å². The maximum absolute atomic E-state index is 10.1. The highest BCUT2D eigenvalue weighted by Crippen LogP contribution is 2.22. The van der Waals surface area contributed by atoms with E-state index in [1.54, 1.807) is 12.1 Å². The van der Waals surface area contributed by atoms with E-state index in [-0.39, 0.29) is 0 Å².